The van der Waals surface area contributed by atoms with Crippen molar-refractivity contribution in [2.24, 2.45) is 0 Å². The van der Waals surface area contributed by atoms with Crippen LogP contribution in [0.5, 0.6) is 5.75 Å². The van der Waals surface area contributed by atoms with Crippen molar-refractivity contribution in [2.75, 3.05) is 5.32 Å². The van der Waals surface area contributed by atoms with Crippen LogP contribution >= 0.6 is 15.9 Å². The normalized spacial score (nSPS) is 11.5. The Morgan fingerprint density at radius 2 is 1.90 bits per heavy atom. The number of anilines is 1. The molecule has 0 bridgehead atoms. The minimum atomic E-state index is -4.74. The highest BCUT2D eigenvalue weighted by Crippen LogP contribution is 2.33. The summed E-state index contributed by atoms with van der Waals surface area (Å²) in [4.78, 5) is 0. The lowest BCUT2D eigenvalue weighted by Gasteiger charge is -2.14. The van der Waals surface area contributed by atoms with Crippen LogP contribution < -0.4 is 10.1 Å². The van der Waals surface area contributed by atoms with Crippen molar-refractivity contribution in [3.8, 4) is 5.75 Å². The largest absolute Gasteiger partial charge is 0.573 e. The number of ether oxygens (including phenoxy) is 1. The highest BCUT2D eigenvalue weighted by Gasteiger charge is 2.32. The van der Waals surface area contributed by atoms with Crippen LogP contribution in [-0.4, -0.2) is 6.36 Å². The van der Waals surface area contributed by atoms with Gasteiger partial charge in [-0.15, -0.1) is 13.2 Å². The van der Waals surface area contributed by atoms with Gasteiger partial charge in [-0.1, -0.05) is 22.9 Å². The Morgan fingerprint density at radius 1 is 1.19 bits per heavy atom. The fraction of sp³-hybridized carbons (Fsp3) is 0.286. The first kappa shape index (κ1) is 15.8. The van der Waals surface area contributed by atoms with Crippen molar-refractivity contribution in [2.45, 2.75) is 26.3 Å². The van der Waals surface area contributed by atoms with Crippen LogP contribution in [0.25, 0.3) is 0 Å². The van der Waals surface area contributed by atoms with Crippen LogP contribution in [0, 0.1) is 0 Å². The quantitative estimate of drug-likeness (QED) is 0.800. The summed E-state index contributed by atoms with van der Waals surface area (Å²) in [6, 6.07) is 8.02. The molecule has 0 aliphatic heterocycles. The van der Waals surface area contributed by atoms with Crippen LogP contribution in [-0.2, 0) is 13.0 Å². The van der Waals surface area contributed by atoms with E-state index in [-0.39, 0.29) is 18.0 Å². The fourth-order valence-electron chi connectivity index (χ4n) is 1.74. The summed E-state index contributed by atoms with van der Waals surface area (Å²) in [7, 11) is 0. The van der Waals surface area contributed by atoms with E-state index in [0.29, 0.717) is 10.2 Å². The first-order valence-corrected chi connectivity index (χ1v) is 7.03. The molecule has 1 aromatic heterocycles. The van der Waals surface area contributed by atoms with Gasteiger partial charge in [-0.2, -0.15) is 0 Å². The molecule has 0 saturated heterocycles. The van der Waals surface area contributed by atoms with Gasteiger partial charge in [0.2, 0.25) is 0 Å². The van der Waals surface area contributed by atoms with Crippen LogP contribution in [0.4, 0.5) is 18.9 Å². The van der Waals surface area contributed by atoms with E-state index in [2.05, 4.69) is 26.0 Å². The van der Waals surface area contributed by atoms with Crippen LogP contribution in [0.3, 0.4) is 0 Å². The zero-order chi connectivity index (χ0) is 15.5. The van der Waals surface area contributed by atoms with Gasteiger partial charge in [0, 0.05) is 10.9 Å². The van der Waals surface area contributed by atoms with Crippen LogP contribution in [0.2, 0.25) is 0 Å². The third kappa shape index (κ3) is 4.70. The van der Waals surface area contributed by atoms with Crippen molar-refractivity contribution in [3.63, 3.8) is 0 Å². The summed E-state index contributed by atoms with van der Waals surface area (Å²) >= 11 is 3.12. The number of hydrogen-bond acceptors (Lipinski definition) is 3. The molecule has 1 aromatic carbocycles. The van der Waals surface area contributed by atoms with E-state index in [1.807, 2.05) is 13.0 Å². The van der Waals surface area contributed by atoms with Gasteiger partial charge in [0.15, 0.2) is 5.75 Å². The summed E-state index contributed by atoms with van der Waals surface area (Å²) in [6.07, 6.45) is -3.97. The number of alkyl halides is 3. The van der Waals surface area contributed by atoms with E-state index in [9.17, 15) is 13.2 Å². The highest BCUT2D eigenvalue weighted by molar-refractivity contribution is 9.10. The molecule has 0 aliphatic carbocycles. The molecule has 0 fully saturated rings. The third-order valence-electron chi connectivity index (χ3n) is 2.69. The van der Waals surface area contributed by atoms with Gasteiger partial charge in [0.1, 0.15) is 11.5 Å². The highest BCUT2D eigenvalue weighted by atomic mass is 79.9. The van der Waals surface area contributed by atoms with Gasteiger partial charge in [-0.3, -0.25) is 0 Å². The zero-order valence-electron chi connectivity index (χ0n) is 11.1. The van der Waals surface area contributed by atoms with Gasteiger partial charge in [-0.25, -0.2) is 0 Å². The first-order valence-electron chi connectivity index (χ1n) is 6.24. The molecule has 0 amide bonds. The molecule has 21 heavy (non-hydrogen) atoms. The Kier molecular flexibility index (Phi) is 4.82. The van der Waals surface area contributed by atoms with Crippen LogP contribution in [0.1, 0.15) is 18.4 Å². The van der Waals surface area contributed by atoms with E-state index in [1.54, 1.807) is 12.1 Å². The topological polar surface area (TPSA) is 34.4 Å². The van der Waals surface area contributed by atoms with Crippen molar-refractivity contribution in [1.29, 1.82) is 0 Å². The molecule has 114 valence electrons. The Morgan fingerprint density at radius 3 is 2.52 bits per heavy atom. The Labute approximate surface area is 128 Å². The zero-order valence-corrected chi connectivity index (χ0v) is 12.7. The lowest BCUT2D eigenvalue weighted by atomic mass is 10.3. The minimum absolute atomic E-state index is 0.241. The summed E-state index contributed by atoms with van der Waals surface area (Å²) < 4.78 is 47.1. The number of aryl methyl sites for hydroxylation is 1. The van der Waals surface area contributed by atoms with E-state index in [1.165, 1.54) is 12.1 Å². The molecule has 0 radical (unpaired) electrons. The minimum Gasteiger partial charge on any atom is -0.464 e. The Hall–Kier alpha value is -1.63. The molecule has 3 nitrogen and oxygen atoms in total. The van der Waals surface area contributed by atoms with E-state index < -0.39 is 6.36 Å². The number of nitrogens with one attached hydrogen (secondary N) is 1. The van der Waals surface area contributed by atoms with E-state index in [4.69, 9.17) is 4.42 Å². The molecule has 0 aliphatic rings. The van der Waals surface area contributed by atoms with Gasteiger partial charge >= 0.3 is 6.36 Å². The fourth-order valence-corrected chi connectivity index (χ4v) is 2.08. The van der Waals surface area contributed by atoms with Crippen molar-refractivity contribution >= 4 is 21.6 Å². The first-order chi connectivity index (χ1) is 9.87. The molecule has 0 atom stereocenters. The predicted molar refractivity (Wildman–Crippen MR) is 76.2 cm³/mol. The summed E-state index contributed by atoms with van der Waals surface area (Å²) in [5, 5.41) is 2.88. The van der Waals surface area contributed by atoms with E-state index in [0.717, 1.165) is 12.2 Å². The maximum atomic E-state index is 12.4. The van der Waals surface area contributed by atoms with Gasteiger partial charge in [-0.05, 0) is 30.3 Å². The molecular formula is C14H13BrF3NO2. The van der Waals surface area contributed by atoms with Gasteiger partial charge in [0.05, 0.1) is 12.2 Å². The van der Waals surface area contributed by atoms with Crippen LogP contribution in [0.15, 0.2) is 39.2 Å². The number of benzene rings is 1. The summed E-state index contributed by atoms with van der Waals surface area (Å²) in [5.74, 6) is 1.18. The number of halogens is 4. The second-order valence-corrected chi connectivity index (χ2v) is 5.18. The molecule has 2 aromatic rings. The van der Waals surface area contributed by atoms with Gasteiger partial charge in [0.25, 0.3) is 0 Å². The molecule has 2 rings (SSSR count). The smallest absolute Gasteiger partial charge is 0.464 e. The monoisotopic (exact) mass is 363 g/mol. The standard InChI is InChI=1S/C14H13BrF3NO2/c1-2-10-4-5-11(20-10)8-19-12-6-3-9(15)7-13(12)21-14(16,17)18/h3-7,19H,2,8H2,1H3. The SMILES string of the molecule is CCc1ccc(CNc2ccc(Br)cc2OC(F)(F)F)o1. The lowest BCUT2D eigenvalue weighted by molar-refractivity contribution is -0.274. The second-order valence-electron chi connectivity index (χ2n) is 4.26. The van der Waals surface area contributed by atoms with Crippen molar-refractivity contribution < 1.29 is 22.3 Å². The van der Waals surface area contributed by atoms with Crippen molar-refractivity contribution in [1.82, 2.24) is 0 Å². The molecular weight excluding hydrogens is 351 g/mol. The Balaban J connectivity index is 2.11. The maximum Gasteiger partial charge on any atom is 0.573 e. The van der Waals surface area contributed by atoms with Crippen molar-refractivity contribution in [3.05, 3.63) is 46.3 Å². The molecule has 7 heteroatoms. The number of rotatable bonds is 5. The molecule has 0 spiro atoms. The lowest BCUT2D eigenvalue weighted by Crippen LogP contribution is -2.18. The maximum absolute atomic E-state index is 12.4. The third-order valence-corrected chi connectivity index (χ3v) is 3.18. The molecule has 1 N–H and O–H groups in total. The van der Waals surface area contributed by atoms with E-state index >= 15 is 0 Å². The molecule has 0 saturated carbocycles. The predicted octanol–water partition coefficient (Wildman–Crippen LogP) is 5.12. The average Bonchev–Trinajstić information content (AvgIpc) is 2.84. The summed E-state index contributed by atoms with van der Waals surface area (Å²) in [6.45, 7) is 2.23. The molecule has 1 heterocycles. The molecule has 0 unspecified atom stereocenters. The summed E-state index contributed by atoms with van der Waals surface area (Å²) in [5.41, 5.74) is 0.241. The second kappa shape index (κ2) is 6.43. The Bertz CT molecular complexity index is 611. The number of furan rings is 1. The average molecular weight is 364 g/mol. The van der Waals surface area contributed by atoms with Gasteiger partial charge < -0.3 is 14.5 Å². The number of hydrogen-bond donors (Lipinski definition) is 1.